The van der Waals surface area contributed by atoms with Gasteiger partial charge < -0.3 is 20.1 Å². The van der Waals surface area contributed by atoms with Crippen LogP contribution in [-0.2, 0) is 11.2 Å². The third-order valence-corrected chi connectivity index (χ3v) is 3.19. The number of nitrogens with zero attached hydrogens (tertiary/aromatic N) is 1. The average Bonchev–Trinajstić information content (AvgIpc) is 2.44. The minimum Gasteiger partial charge on any atom is -0.492 e. The van der Waals surface area contributed by atoms with Crippen molar-refractivity contribution in [3.05, 3.63) is 23.8 Å². The van der Waals surface area contributed by atoms with Gasteiger partial charge in [0.05, 0.1) is 12.3 Å². The van der Waals surface area contributed by atoms with Crippen LogP contribution in [0.25, 0.3) is 0 Å². The number of benzene rings is 1. The Balaban J connectivity index is 2.68. The van der Waals surface area contributed by atoms with Crippen LogP contribution in [0.1, 0.15) is 46.6 Å². The van der Waals surface area contributed by atoms with Crippen LogP contribution in [0.3, 0.4) is 0 Å². The van der Waals surface area contributed by atoms with Crippen LogP contribution in [0.5, 0.6) is 5.75 Å². The lowest BCUT2D eigenvalue weighted by atomic mass is 10.1. The summed E-state index contributed by atoms with van der Waals surface area (Å²) in [4.78, 5) is 14.0. The molecule has 0 saturated carbocycles. The number of hydrogen-bond donors (Lipinski definition) is 1. The van der Waals surface area contributed by atoms with Gasteiger partial charge in [0.15, 0.2) is 0 Å². The monoisotopic (exact) mass is 322 g/mol. The number of anilines is 1. The molecule has 5 heteroatoms. The molecule has 0 aliphatic carbocycles. The van der Waals surface area contributed by atoms with Gasteiger partial charge in [-0.25, -0.2) is 4.79 Å². The zero-order valence-corrected chi connectivity index (χ0v) is 15.0. The standard InChI is InChI=1S/C18H30N2O3/c1-6-11-20(17(21)23-18(3,4)5)12-10-14-8-9-16(22-7-2)15(19)13-14/h8-9,13H,6-7,10-12,19H2,1-5H3. The zero-order chi connectivity index (χ0) is 17.5. The predicted octanol–water partition coefficient (Wildman–Crippen LogP) is 3.86. The average molecular weight is 322 g/mol. The van der Waals surface area contributed by atoms with E-state index in [4.69, 9.17) is 15.2 Å². The number of ether oxygens (including phenoxy) is 2. The number of hydrogen-bond acceptors (Lipinski definition) is 4. The summed E-state index contributed by atoms with van der Waals surface area (Å²) < 4.78 is 10.9. The largest absolute Gasteiger partial charge is 0.492 e. The first-order valence-corrected chi connectivity index (χ1v) is 8.26. The molecule has 0 bridgehead atoms. The fourth-order valence-corrected chi connectivity index (χ4v) is 2.20. The Labute approximate surface area is 139 Å². The second kappa shape index (κ2) is 8.65. The number of carbonyl (C=O) groups is 1. The normalized spacial score (nSPS) is 11.2. The minimum atomic E-state index is -0.480. The second-order valence-corrected chi connectivity index (χ2v) is 6.52. The molecule has 0 saturated heterocycles. The SMILES string of the molecule is CCCN(CCc1ccc(OCC)c(N)c1)C(=O)OC(C)(C)C. The highest BCUT2D eigenvalue weighted by Gasteiger charge is 2.21. The summed E-state index contributed by atoms with van der Waals surface area (Å²) in [6.45, 7) is 11.5. The maximum atomic E-state index is 12.2. The summed E-state index contributed by atoms with van der Waals surface area (Å²) in [6.07, 6.45) is 1.36. The molecule has 23 heavy (non-hydrogen) atoms. The smallest absolute Gasteiger partial charge is 0.410 e. The van der Waals surface area contributed by atoms with Gasteiger partial charge in [-0.15, -0.1) is 0 Å². The quantitative estimate of drug-likeness (QED) is 0.774. The van der Waals surface area contributed by atoms with Crippen molar-refractivity contribution in [3.8, 4) is 5.75 Å². The molecular formula is C18H30N2O3. The van der Waals surface area contributed by atoms with E-state index in [-0.39, 0.29) is 6.09 Å². The highest BCUT2D eigenvalue weighted by molar-refractivity contribution is 5.68. The van der Waals surface area contributed by atoms with Crippen LogP contribution < -0.4 is 10.5 Å². The molecule has 1 aromatic rings. The van der Waals surface area contributed by atoms with Gasteiger partial charge in [-0.1, -0.05) is 13.0 Å². The van der Waals surface area contributed by atoms with Gasteiger partial charge >= 0.3 is 6.09 Å². The molecule has 0 unspecified atom stereocenters. The summed E-state index contributed by atoms with van der Waals surface area (Å²) in [7, 11) is 0. The van der Waals surface area contributed by atoms with Gasteiger partial charge in [0.1, 0.15) is 11.4 Å². The van der Waals surface area contributed by atoms with Crippen molar-refractivity contribution in [2.75, 3.05) is 25.4 Å². The first kappa shape index (κ1) is 19.1. The lowest BCUT2D eigenvalue weighted by Crippen LogP contribution is -2.38. The van der Waals surface area contributed by atoms with E-state index in [0.29, 0.717) is 31.1 Å². The summed E-state index contributed by atoms with van der Waals surface area (Å²) in [5.41, 5.74) is 7.21. The molecule has 0 aromatic heterocycles. The molecule has 0 atom stereocenters. The molecule has 0 aliphatic heterocycles. The molecule has 0 spiro atoms. The van der Waals surface area contributed by atoms with Crippen molar-refractivity contribution in [1.82, 2.24) is 4.90 Å². The molecule has 1 rings (SSSR count). The highest BCUT2D eigenvalue weighted by Crippen LogP contribution is 2.23. The molecule has 2 N–H and O–H groups in total. The molecule has 0 fully saturated rings. The number of nitrogen functional groups attached to an aromatic ring is 1. The van der Waals surface area contributed by atoms with Gasteiger partial charge in [0.2, 0.25) is 0 Å². The van der Waals surface area contributed by atoms with Crippen molar-refractivity contribution in [3.63, 3.8) is 0 Å². The van der Waals surface area contributed by atoms with E-state index in [1.807, 2.05) is 52.8 Å². The number of nitrogens with two attached hydrogens (primary N) is 1. The van der Waals surface area contributed by atoms with Crippen LogP contribution in [0.15, 0.2) is 18.2 Å². The Kier molecular flexibility index (Phi) is 7.20. The molecule has 1 aromatic carbocycles. The third kappa shape index (κ3) is 6.80. The lowest BCUT2D eigenvalue weighted by Gasteiger charge is -2.27. The van der Waals surface area contributed by atoms with Crippen LogP contribution >= 0.6 is 0 Å². The van der Waals surface area contributed by atoms with Crippen molar-refractivity contribution in [1.29, 1.82) is 0 Å². The van der Waals surface area contributed by atoms with Crippen LogP contribution in [-0.4, -0.2) is 36.3 Å². The predicted molar refractivity (Wildman–Crippen MR) is 93.8 cm³/mol. The van der Waals surface area contributed by atoms with Crippen LogP contribution in [0.4, 0.5) is 10.5 Å². The first-order chi connectivity index (χ1) is 10.8. The molecule has 0 radical (unpaired) electrons. The van der Waals surface area contributed by atoms with Crippen molar-refractivity contribution in [2.45, 2.75) is 53.1 Å². The Morgan fingerprint density at radius 2 is 1.91 bits per heavy atom. The number of amides is 1. The van der Waals surface area contributed by atoms with Crippen LogP contribution in [0, 0.1) is 0 Å². The van der Waals surface area contributed by atoms with Crippen LogP contribution in [0.2, 0.25) is 0 Å². The molecule has 0 aliphatic rings. The number of rotatable bonds is 7. The van der Waals surface area contributed by atoms with E-state index in [1.54, 1.807) is 4.90 Å². The summed E-state index contributed by atoms with van der Waals surface area (Å²) in [6, 6.07) is 5.77. The highest BCUT2D eigenvalue weighted by atomic mass is 16.6. The van der Waals surface area contributed by atoms with E-state index < -0.39 is 5.60 Å². The van der Waals surface area contributed by atoms with E-state index in [9.17, 15) is 4.79 Å². The Morgan fingerprint density at radius 1 is 1.22 bits per heavy atom. The van der Waals surface area contributed by atoms with Gasteiger partial charge in [-0.05, 0) is 58.2 Å². The molecule has 5 nitrogen and oxygen atoms in total. The second-order valence-electron chi connectivity index (χ2n) is 6.52. The van der Waals surface area contributed by atoms with Gasteiger partial charge in [-0.3, -0.25) is 0 Å². The zero-order valence-electron chi connectivity index (χ0n) is 15.0. The minimum absolute atomic E-state index is 0.266. The summed E-state index contributed by atoms with van der Waals surface area (Å²) >= 11 is 0. The fourth-order valence-electron chi connectivity index (χ4n) is 2.20. The Morgan fingerprint density at radius 3 is 2.43 bits per heavy atom. The van der Waals surface area contributed by atoms with Gasteiger partial charge in [0.25, 0.3) is 0 Å². The maximum absolute atomic E-state index is 12.2. The van der Waals surface area contributed by atoms with Crippen molar-refractivity contribution >= 4 is 11.8 Å². The number of carbonyl (C=O) groups excluding carboxylic acids is 1. The summed E-state index contributed by atoms with van der Waals surface area (Å²) in [5.74, 6) is 0.703. The third-order valence-electron chi connectivity index (χ3n) is 3.19. The Bertz CT molecular complexity index is 509. The molecule has 130 valence electrons. The lowest BCUT2D eigenvalue weighted by molar-refractivity contribution is 0.0252. The maximum Gasteiger partial charge on any atom is 0.410 e. The van der Waals surface area contributed by atoms with Crippen molar-refractivity contribution in [2.24, 2.45) is 0 Å². The van der Waals surface area contributed by atoms with E-state index >= 15 is 0 Å². The first-order valence-electron chi connectivity index (χ1n) is 8.26. The molecular weight excluding hydrogens is 292 g/mol. The Hall–Kier alpha value is -1.91. The fraction of sp³-hybridized carbons (Fsp3) is 0.611. The molecule has 1 amide bonds. The topological polar surface area (TPSA) is 64.8 Å². The summed E-state index contributed by atoms with van der Waals surface area (Å²) in [5, 5.41) is 0. The van der Waals surface area contributed by atoms with Gasteiger partial charge in [-0.2, -0.15) is 0 Å². The van der Waals surface area contributed by atoms with Crippen molar-refractivity contribution < 1.29 is 14.3 Å². The van der Waals surface area contributed by atoms with E-state index in [0.717, 1.165) is 18.4 Å². The van der Waals surface area contributed by atoms with E-state index in [1.165, 1.54) is 0 Å². The molecule has 0 heterocycles. The van der Waals surface area contributed by atoms with Gasteiger partial charge in [0, 0.05) is 13.1 Å². The van der Waals surface area contributed by atoms with E-state index in [2.05, 4.69) is 0 Å².